The molecule has 0 aromatic carbocycles. The van der Waals surface area contributed by atoms with E-state index in [1.165, 1.54) is 0 Å². The predicted octanol–water partition coefficient (Wildman–Crippen LogP) is 0.471. The standard InChI is InChI=1S/C17H24N6O2/c1-14-18-8-10-22(14)11-15(24)21(2)12-17(25)5-3-9-23(13-17)16-19-6-4-7-20-16/h4,6-8,10,25H,3,5,9,11-13H2,1-2H3. The number of rotatable bonds is 5. The topological polar surface area (TPSA) is 87.4 Å². The number of β-amino-alcohol motifs (C(OH)–C–C–N with tert-alkyl or cyclic N) is 1. The molecule has 1 aliphatic heterocycles. The van der Waals surface area contributed by atoms with Gasteiger partial charge in [-0.05, 0) is 25.8 Å². The van der Waals surface area contributed by atoms with Gasteiger partial charge < -0.3 is 19.5 Å². The van der Waals surface area contributed by atoms with Crippen molar-refractivity contribution in [2.24, 2.45) is 0 Å². The van der Waals surface area contributed by atoms with Gasteiger partial charge in [-0.15, -0.1) is 0 Å². The molecule has 0 saturated carbocycles. The number of amides is 1. The Balaban J connectivity index is 1.62. The number of likely N-dealkylation sites (N-methyl/N-ethyl adjacent to an activating group) is 1. The second-order valence-electron chi connectivity index (χ2n) is 6.65. The lowest BCUT2D eigenvalue weighted by molar-refractivity contribution is -0.134. The molecule has 1 unspecified atom stereocenters. The van der Waals surface area contributed by atoms with E-state index in [-0.39, 0.29) is 19.0 Å². The van der Waals surface area contributed by atoms with Crippen LogP contribution < -0.4 is 4.90 Å². The maximum Gasteiger partial charge on any atom is 0.242 e. The Morgan fingerprint density at radius 1 is 1.32 bits per heavy atom. The third kappa shape index (κ3) is 4.14. The summed E-state index contributed by atoms with van der Waals surface area (Å²) in [6.07, 6.45) is 8.33. The molecule has 0 bridgehead atoms. The van der Waals surface area contributed by atoms with Crippen LogP contribution in [-0.2, 0) is 11.3 Å². The number of aromatic nitrogens is 4. The van der Waals surface area contributed by atoms with Gasteiger partial charge in [0.05, 0.1) is 18.7 Å². The Labute approximate surface area is 147 Å². The maximum absolute atomic E-state index is 12.5. The van der Waals surface area contributed by atoms with Crippen LogP contribution in [0.3, 0.4) is 0 Å². The summed E-state index contributed by atoms with van der Waals surface area (Å²) >= 11 is 0. The van der Waals surface area contributed by atoms with Gasteiger partial charge in [0.2, 0.25) is 11.9 Å². The number of carbonyl (C=O) groups is 1. The van der Waals surface area contributed by atoms with Crippen molar-refractivity contribution in [3.05, 3.63) is 36.7 Å². The van der Waals surface area contributed by atoms with Crippen molar-refractivity contribution in [3.63, 3.8) is 0 Å². The van der Waals surface area contributed by atoms with Crippen LogP contribution in [0.5, 0.6) is 0 Å². The van der Waals surface area contributed by atoms with Gasteiger partial charge in [0, 0.05) is 38.4 Å². The summed E-state index contributed by atoms with van der Waals surface area (Å²) in [7, 11) is 1.73. The molecule has 0 aliphatic carbocycles. The summed E-state index contributed by atoms with van der Waals surface area (Å²) in [5.41, 5.74) is -0.966. The fourth-order valence-corrected chi connectivity index (χ4v) is 3.23. The largest absolute Gasteiger partial charge is 0.386 e. The lowest BCUT2D eigenvalue weighted by atomic mass is 9.92. The normalized spacial score (nSPS) is 20.5. The van der Waals surface area contributed by atoms with E-state index in [1.807, 2.05) is 11.8 Å². The van der Waals surface area contributed by atoms with Crippen LogP contribution >= 0.6 is 0 Å². The van der Waals surface area contributed by atoms with Gasteiger partial charge in [0.1, 0.15) is 12.4 Å². The number of aliphatic hydroxyl groups is 1. The third-order valence-electron chi connectivity index (χ3n) is 4.58. The van der Waals surface area contributed by atoms with Gasteiger partial charge in [0.25, 0.3) is 0 Å². The monoisotopic (exact) mass is 344 g/mol. The second-order valence-corrected chi connectivity index (χ2v) is 6.65. The van der Waals surface area contributed by atoms with Crippen LogP contribution in [0.15, 0.2) is 30.9 Å². The van der Waals surface area contributed by atoms with Crippen LogP contribution in [-0.4, -0.2) is 67.7 Å². The SMILES string of the molecule is Cc1nccn1CC(=O)N(C)CC1(O)CCCN(c2ncccn2)C1. The molecule has 1 aliphatic rings. The predicted molar refractivity (Wildman–Crippen MR) is 93.0 cm³/mol. The van der Waals surface area contributed by atoms with Crippen LogP contribution in [0.4, 0.5) is 5.95 Å². The highest BCUT2D eigenvalue weighted by Crippen LogP contribution is 2.24. The van der Waals surface area contributed by atoms with Crippen molar-refractivity contribution in [1.29, 1.82) is 0 Å². The van der Waals surface area contributed by atoms with Gasteiger partial charge >= 0.3 is 0 Å². The van der Waals surface area contributed by atoms with Gasteiger partial charge in [-0.3, -0.25) is 4.79 Å². The van der Waals surface area contributed by atoms with E-state index in [9.17, 15) is 9.90 Å². The van der Waals surface area contributed by atoms with E-state index in [2.05, 4.69) is 15.0 Å². The van der Waals surface area contributed by atoms with Crippen molar-refractivity contribution >= 4 is 11.9 Å². The Hall–Kier alpha value is -2.48. The zero-order chi connectivity index (χ0) is 17.9. The Kier molecular flexibility index (Phi) is 4.98. The number of hydrogen-bond donors (Lipinski definition) is 1. The fourth-order valence-electron chi connectivity index (χ4n) is 3.23. The molecule has 1 fully saturated rings. The molecule has 1 saturated heterocycles. The molecular weight excluding hydrogens is 320 g/mol. The highest BCUT2D eigenvalue weighted by Gasteiger charge is 2.36. The minimum Gasteiger partial charge on any atom is -0.386 e. The quantitative estimate of drug-likeness (QED) is 0.848. The molecule has 3 heterocycles. The average molecular weight is 344 g/mol. The number of nitrogens with zero attached hydrogens (tertiary/aromatic N) is 6. The summed E-state index contributed by atoms with van der Waals surface area (Å²) < 4.78 is 1.80. The third-order valence-corrected chi connectivity index (χ3v) is 4.58. The van der Waals surface area contributed by atoms with Crippen LogP contribution in [0.2, 0.25) is 0 Å². The molecule has 3 rings (SSSR count). The Morgan fingerprint density at radius 3 is 2.76 bits per heavy atom. The molecule has 8 heteroatoms. The lowest BCUT2D eigenvalue weighted by Crippen LogP contribution is -2.55. The van der Waals surface area contributed by atoms with E-state index in [0.29, 0.717) is 18.9 Å². The zero-order valence-corrected chi connectivity index (χ0v) is 14.7. The van der Waals surface area contributed by atoms with Crippen molar-refractivity contribution < 1.29 is 9.90 Å². The van der Waals surface area contributed by atoms with Crippen LogP contribution in [0.25, 0.3) is 0 Å². The number of aryl methyl sites for hydroxylation is 1. The molecule has 25 heavy (non-hydrogen) atoms. The number of imidazole rings is 1. The summed E-state index contributed by atoms with van der Waals surface area (Å²) in [5.74, 6) is 1.36. The van der Waals surface area contributed by atoms with Gasteiger partial charge in [-0.2, -0.15) is 0 Å². The van der Waals surface area contributed by atoms with Crippen LogP contribution in [0, 0.1) is 6.92 Å². The highest BCUT2D eigenvalue weighted by atomic mass is 16.3. The number of piperidine rings is 1. The summed E-state index contributed by atoms with van der Waals surface area (Å²) in [5, 5.41) is 11.0. The molecule has 134 valence electrons. The van der Waals surface area contributed by atoms with E-state index in [4.69, 9.17) is 0 Å². The van der Waals surface area contributed by atoms with E-state index in [1.54, 1.807) is 47.4 Å². The summed E-state index contributed by atoms with van der Waals surface area (Å²) in [4.78, 5) is 28.7. The number of anilines is 1. The minimum absolute atomic E-state index is 0.0531. The Morgan fingerprint density at radius 2 is 2.08 bits per heavy atom. The molecule has 1 N–H and O–H groups in total. The fraction of sp³-hybridized carbons (Fsp3) is 0.529. The minimum atomic E-state index is -0.966. The molecule has 0 radical (unpaired) electrons. The first-order valence-electron chi connectivity index (χ1n) is 8.43. The summed E-state index contributed by atoms with van der Waals surface area (Å²) in [6.45, 7) is 3.59. The van der Waals surface area contributed by atoms with Crippen LogP contribution in [0.1, 0.15) is 18.7 Å². The smallest absolute Gasteiger partial charge is 0.242 e. The first kappa shape index (κ1) is 17.3. The van der Waals surface area contributed by atoms with Gasteiger partial charge in [-0.25, -0.2) is 15.0 Å². The molecule has 2 aromatic rings. The molecular formula is C17H24N6O2. The Bertz CT molecular complexity index is 719. The average Bonchev–Trinajstić information content (AvgIpc) is 3.00. The second kappa shape index (κ2) is 7.18. The van der Waals surface area contributed by atoms with Gasteiger partial charge in [-0.1, -0.05) is 0 Å². The molecule has 2 aromatic heterocycles. The van der Waals surface area contributed by atoms with E-state index in [0.717, 1.165) is 18.8 Å². The summed E-state index contributed by atoms with van der Waals surface area (Å²) in [6, 6.07) is 1.77. The van der Waals surface area contributed by atoms with Crippen molar-refractivity contribution in [1.82, 2.24) is 24.4 Å². The molecule has 8 nitrogen and oxygen atoms in total. The number of hydrogen-bond acceptors (Lipinski definition) is 6. The molecule has 1 atom stereocenters. The maximum atomic E-state index is 12.5. The first-order chi connectivity index (χ1) is 12.0. The lowest BCUT2D eigenvalue weighted by Gasteiger charge is -2.41. The zero-order valence-electron chi connectivity index (χ0n) is 14.7. The van der Waals surface area contributed by atoms with E-state index >= 15 is 0 Å². The molecule has 0 spiro atoms. The molecule has 1 amide bonds. The van der Waals surface area contributed by atoms with Gasteiger partial charge in [0.15, 0.2) is 0 Å². The van der Waals surface area contributed by atoms with Crippen molar-refractivity contribution in [2.45, 2.75) is 31.9 Å². The number of carbonyl (C=O) groups excluding carboxylic acids is 1. The highest BCUT2D eigenvalue weighted by molar-refractivity contribution is 5.75. The first-order valence-corrected chi connectivity index (χ1v) is 8.43. The van der Waals surface area contributed by atoms with E-state index < -0.39 is 5.60 Å². The van der Waals surface area contributed by atoms with Crippen molar-refractivity contribution in [2.75, 3.05) is 31.6 Å². The van der Waals surface area contributed by atoms with Crippen molar-refractivity contribution in [3.8, 4) is 0 Å².